The van der Waals surface area contributed by atoms with Crippen LogP contribution in [0.3, 0.4) is 0 Å². The molecular formula is C19H21N3O4. The van der Waals surface area contributed by atoms with E-state index in [0.29, 0.717) is 12.2 Å². The van der Waals surface area contributed by atoms with Crippen LogP contribution in [0.1, 0.15) is 29.8 Å². The average Bonchev–Trinajstić information content (AvgIpc) is 2.61. The summed E-state index contributed by atoms with van der Waals surface area (Å²) in [7, 11) is 0. The highest BCUT2D eigenvalue weighted by molar-refractivity contribution is 6.05. The second-order valence-electron chi connectivity index (χ2n) is 6.65. The van der Waals surface area contributed by atoms with Gasteiger partial charge in [-0.3, -0.25) is 14.8 Å². The lowest BCUT2D eigenvalue weighted by molar-refractivity contribution is -0.118. The zero-order chi connectivity index (χ0) is 18.8. The minimum absolute atomic E-state index is 0.0701. The van der Waals surface area contributed by atoms with Crippen molar-refractivity contribution < 1.29 is 19.9 Å². The van der Waals surface area contributed by atoms with E-state index in [-0.39, 0.29) is 29.2 Å². The lowest BCUT2D eigenvalue weighted by Gasteiger charge is -2.40. The summed E-state index contributed by atoms with van der Waals surface area (Å²) in [5, 5.41) is 21.1. The normalized spacial score (nSPS) is 16.2. The molecule has 2 aromatic rings. The van der Waals surface area contributed by atoms with Crippen molar-refractivity contribution in [2.24, 2.45) is 5.92 Å². The van der Waals surface area contributed by atoms with E-state index < -0.39 is 5.91 Å². The van der Waals surface area contributed by atoms with Gasteiger partial charge in [-0.15, -0.1) is 0 Å². The number of nitrogens with one attached hydrogen (secondary N) is 2. The van der Waals surface area contributed by atoms with Gasteiger partial charge in [0, 0.05) is 12.1 Å². The van der Waals surface area contributed by atoms with Gasteiger partial charge in [0.25, 0.3) is 5.91 Å². The number of hydrogen-bond acceptors (Lipinski definition) is 5. The molecular weight excluding hydrogens is 334 g/mol. The molecule has 0 saturated heterocycles. The van der Waals surface area contributed by atoms with E-state index in [1.165, 1.54) is 0 Å². The molecule has 7 heteroatoms. The highest BCUT2D eigenvalue weighted by Gasteiger charge is 2.35. The van der Waals surface area contributed by atoms with E-state index in [4.69, 9.17) is 5.21 Å². The van der Waals surface area contributed by atoms with Gasteiger partial charge in [0.2, 0.25) is 5.91 Å². The van der Waals surface area contributed by atoms with E-state index in [1.807, 2.05) is 30.9 Å². The molecule has 0 radical (unpaired) electrons. The van der Waals surface area contributed by atoms with Crippen molar-refractivity contribution in [3.63, 3.8) is 0 Å². The number of phenolic OH excluding ortho intramolecular Hbond substituents is 1. The smallest absolute Gasteiger partial charge is 0.274 e. The molecule has 0 saturated carbocycles. The summed E-state index contributed by atoms with van der Waals surface area (Å²) in [5.41, 5.74) is 4.11. The molecule has 7 nitrogen and oxygen atoms in total. The Kier molecular flexibility index (Phi) is 4.81. The van der Waals surface area contributed by atoms with E-state index >= 15 is 0 Å². The largest absolute Gasteiger partial charge is 0.508 e. The molecule has 2 aromatic carbocycles. The second kappa shape index (κ2) is 7.05. The van der Waals surface area contributed by atoms with Gasteiger partial charge in [-0.2, -0.15) is 0 Å². The number of carbonyl (C=O) groups excluding carboxylic acids is 2. The topological polar surface area (TPSA) is 102 Å². The molecule has 0 aliphatic carbocycles. The number of carbonyl (C=O) groups is 2. The Morgan fingerprint density at radius 1 is 1.23 bits per heavy atom. The Hall–Kier alpha value is -3.06. The summed E-state index contributed by atoms with van der Waals surface area (Å²) < 4.78 is 0. The fraction of sp³-hybridized carbons (Fsp3) is 0.263. The molecule has 1 unspecified atom stereocenters. The number of aromatic hydroxyl groups is 1. The molecule has 3 rings (SSSR count). The van der Waals surface area contributed by atoms with Gasteiger partial charge in [-0.05, 0) is 41.8 Å². The highest BCUT2D eigenvalue weighted by Crippen LogP contribution is 2.36. The number of benzene rings is 2. The number of anilines is 2. The molecule has 0 spiro atoms. The molecule has 26 heavy (non-hydrogen) atoms. The molecule has 1 atom stereocenters. The first kappa shape index (κ1) is 17.8. The summed E-state index contributed by atoms with van der Waals surface area (Å²) in [6.07, 6.45) is 0. The molecule has 1 aliphatic heterocycles. The van der Waals surface area contributed by atoms with Crippen molar-refractivity contribution >= 4 is 23.2 Å². The van der Waals surface area contributed by atoms with Gasteiger partial charge in [-0.25, -0.2) is 5.48 Å². The lowest BCUT2D eigenvalue weighted by atomic mass is 9.96. The molecule has 0 aromatic heterocycles. The Labute approximate surface area is 151 Å². The van der Waals surface area contributed by atoms with Crippen molar-refractivity contribution in [1.29, 1.82) is 0 Å². The molecule has 2 amide bonds. The van der Waals surface area contributed by atoms with Crippen molar-refractivity contribution in [1.82, 2.24) is 5.48 Å². The molecule has 1 heterocycles. The van der Waals surface area contributed by atoms with Crippen LogP contribution in [0.5, 0.6) is 5.75 Å². The van der Waals surface area contributed by atoms with Crippen molar-refractivity contribution in [2.45, 2.75) is 26.4 Å². The number of fused-ring (bicyclic) bond motifs is 1. The van der Waals surface area contributed by atoms with Gasteiger partial charge in [0.15, 0.2) is 0 Å². The third-order valence-corrected chi connectivity index (χ3v) is 4.45. The van der Waals surface area contributed by atoms with Crippen LogP contribution in [0.2, 0.25) is 0 Å². The zero-order valence-electron chi connectivity index (χ0n) is 14.6. The number of hydrogen-bond donors (Lipinski definition) is 4. The Morgan fingerprint density at radius 2 is 1.92 bits per heavy atom. The quantitative estimate of drug-likeness (QED) is 0.499. The third kappa shape index (κ3) is 3.34. The molecule has 0 bridgehead atoms. The molecule has 1 aliphatic rings. The highest BCUT2D eigenvalue weighted by atomic mass is 16.5. The Balaban J connectivity index is 2.02. The fourth-order valence-electron chi connectivity index (χ4n) is 3.23. The first-order valence-corrected chi connectivity index (χ1v) is 8.34. The maximum absolute atomic E-state index is 12.7. The van der Waals surface area contributed by atoms with Crippen LogP contribution < -0.4 is 15.7 Å². The van der Waals surface area contributed by atoms with Gasteiger partial charge >= 0.3 is 0 Å². The van der Waals surface area contributed by atoms with E-state index in [9.17, 15) is 14.7 Å². The third-order valence-electron chi connectivity index (χ3n) is 4.45. The molecule has 136 valence electrons. The summed E-state index contributed by atoms with van der Waals surface area (Å²) in [6.45, 7) is 4.44. The van der Waals surface area contributed by atoms with Crippen LogP contribution in [0.15, 0.2) is 42.5 Å². The van der Waals surface area contributed by atoms with Crippen molar-refractivity contribution in [3.8, 4) is 5.75 Å². The molecule has 4 N–H and O–H groups in total. The van der Waals surface area contributed by atoms with Gasteiger partial charge < -0.3 is 15.3 Å². The van der Waals surface area contributed by atoms with Crippen molar-refractivity contribution in [3.05, 3.63) is 53.6 Å². The SMILES string of the molecule is CC(C)C1C(=O)Nc2cc(C(=O)NO)ccc2N1Cc1ccc(O)cc1. The van der Waals surface area contributed by atoms with E-state index in [2.05, 4.69) is 5.32 Å². The number of phenols is 1. The van der Waals surface area contributed by atoms with Gasteiger partial charge in [0.05, 0.1) is 11.4 Å². The maximum Gasteiger partial charge on any atom is 0.274 e. The second-order valence-corrected chi connectivity index (χ2v) is 6.65. The number of rotatable bonds is 4. The summed E-state index contributed by atoms with van der Waals surface area (Å²) >= 11 is 0. The predicted molar refractivity (Wildman–Crippen MR) is 97.2 cm³/mol. The standard InChI is InChI=1S/C19H21N3O4/c1-11(2)17-19(25)20-15-9-13(18(24)21-26)5-8-16(15)22(17)10-12-3-6-14(23)7-4-12/h3-9,11,17,23,26H,10H2,1-2H3,(H,20,25)(H,21,24). The van der Waals surface area contributed by atoms with Crippen LogP contribution in [0.25, 0.3) is 0 Å². The van der Waals surface area contributed by atoms with Crippen LogP contribution in [0, 0.1) is 5.92 Å². The monoisotopic (exact) mass is 355 g/mol. The fourth-order valence-corrected chi connectivity index (χ4v) is 3.23. The molecule has 0 fully saturated rings. The van der Waals surface area contributed by atoms with Gasteiger partial charge in [-0.1, -0.05) is 26.0 Å². The number of nitrogens with zero attached hydrogens (tertiary/aromatic N) is 1. The zero-order valence-corrected chi connectivity index (χ0v) is 14.6. The van der Waals surface area contributed by atoms with Crippen LogP contribution >= 0.6 is 0 Å². The van der Waals surface area contributed by atoms with Crippen molar-refractivity contribution in [2.75, 3.05) is 10.2 Å². The minimum Gasteiger partial charge on any atom is -0.508 e. The van der Waals surface area contributed by atoms with Crippen LogP contribution in [-0.4, -0.2) is 28.2 Å². The Morgan fingerprint density at radius 3 is 2.54 bits per heavy atom. The first-order chi connectivity index (χ1) is 12.4. The lowest BCUT2D eigenvalue weighted by Crippen LogP contribution is -2.50. The predicted octanol–water partition coefficient (Wildman–Crippen LogP) is 2.49. The summed E-state index contributed by atoms with van der Waals surface area (Å²) in [4.78, 5) is 26.3. The minimum atomic E-state index is -0.641. The number of hydroxylamine groups is 1. The first-order valence-electron chi connectivity index (χ1n) is 8.34. The van der Waals surface area contributed by atoms with Gasteiger partial charge in [0.1, 0.15) is 11.8 Å². The van der Waals surface area contributed by atoms with Crippen LogP contribution in [0.4, 0.5) is 11.4 Å². The van der Waals surface area contributed by atoms with E-state index in [0.717, 1.165) is 11.3 Å². The van der Waals surface area contributed by atoms with Crippen LogP contribution in [-0.2, 0) is 11.3 Å². The summed E-state index contributed by atoms with van der Waals surface area (Å²) in [6, 6.07) is 11.4. The van der Waals surface area contributed by atoms with E-state index in [1.54, 1.807) is 35.8 Å². The Bertz CT molecular complexity index is 833. The summed E-state index contributed by atoms with van der Waals surface area (Å²) in [5.74, 6) is -0.530. The average molecular weight is 355 g/mol. The maximum atomic E-state index is 12.7. The number of amides is 2.